The van der Waals surface area contributed by atoms with Crippen molar-refractivity contribution in [3.05, 3.63) is 35.4 Å². The summed E-state index contributed by atoms with van der Waals surface area (Å²) in [5.41, 5.74) is 2.26. The van der Waals surface area contributed by atoms with Gasteiger partial charge in [0.2, 0.25) is 5.88 Å². The molecule has 0 unspecified atom stereocenters. The average Bonchev–Trinajstić information content (AvgIpc) is 3.31. The van der Waals surface area contributed by atoms with Gasteiger partial charge in [-0.25, -0.2) is 4.68 Å². The predicted octanol–water partition coefficient (Wildman–Crippen LogP) is 1.43. The van der Waals surface area contributed by atoms with Gasteiger partial charge in [0.25, 0.3) is 5.91 Å². The van der Waals surface area contributed by atoms with Crippen molar-refractivity contribution in [2.45, 2.75) is 38.6 Å². The number of aryl methyl sites for hydroxylation is 2. The molecule has 0 spiro atoms. The zero-order valence-corrected chi connectivity index (χ0v) is 15.2. The minimum absolute atomic E-state index is 0.00308. The highest BCUT2D eigenvalue weighted by Gasteiger charge is 2.31. The number of amides is 1. The lowest BCUT2D eigenvalue weighted by atomic mass is 9.95. The summed E-state index contributed by atoms with van der Waals surface area (Å²) in [4.78, 5) is 14.8. The summed E-state index contributed by atoms with van der Waals surface area (Å²) in [6.07, 6.45) is 4.24. The molecule has 0 N–H and O–H groups in total. The van der Waals surface area contributed by atoms with Crippen molar-refractivity contribution in [3.8, 4) is 5.88 Å². The van der Waals surface area contributed by atoms with Crippen molar-refractivity contribution < 1.29 is 9.53 Å². The Morgan fingerprint density at radius 1 is 1.19 bits per heavy atom. The molecule has 0 saturated carbocycles. The van der Waals surface area contributed by atoms with E-state index in [9.17, 15) is 4.79 Å². The summed E-state index contributed by atoms with van der Waals surface area (Å²) >= 11 is 0. The molecular weight excluding hydrogens is 346 g/mol. The molecule has 2 aliphatic heterocycles. The number of hydrogen-bond acceptors (Lipinski definition) is 6. The molecule has 0 radical (unpaired) electrons. The Hall–Kier alpha value is -2.97. The van der Waals surface area contributed by atoms with Crippen LogP contribution < -0.4 is 4.74 Å². The Labute approximate surface area is 155 Å². The largest absolute Gasteiger partial charge is 0.477 e. The Bertz CT molecular complexity index is 1000. The van der Waals surface area contributed by atoms with Gasteiger partial charge in [-0.2, -0.15) is 14.7 Å². The predicted molar refractivity (Wildman–Crippen MR) is 95.7 cm³/mol. The zero-order valence-electron chi connectivity index (χ0n) is 15.2. The molecule has 2 aliphatic rings. The second-order valence-corrected chi connectivity index (χ2v) is 7.16. The van der Waals surface area contributed by atoms with E-state index in [-0.39, 0.29) is 11.8 Å². The van der Waals surface area contributed by atoms with E-state index in [1.165, 1.54) is 0 Å². The monoisotopic (exact) mass is 367 g/mol. The second kappa shape index (κ2) is 6.33. The van der Waals surface area contributed by atoms with E-state index in [4.69, 9.17) is 4.74 Å². The van der Waals surface area contributed by atoms with Gasteiger partial charge in [-0.3, -0.25) is 4.79 Å². The molecule has 3 aromatic heterocycles. The van der Waals surface area contributed by atoms with Crippen LogP contribution >= 0.6 is 0 Å². The molecule has 3 aromatic rings. The number of piperidine rings is 1. The van der Waals surface area contributed by atoms with Gasteiger partial charge in [-0.1, -0.05) is 0 Å². The van der Waals surface area contributed by atoms with Gasteiger partial charge in [0.15, 0.2) is 11.5 Å². The second-order valence-electron chi connectivity index (χ2n) is 7.16. The van der Waals surface area contributed by atoms with Gasteiger partial charge in [-0.05, 0) is 31.9 Å². The lowest BCUT2D eigenvalue weighted by Crippen LogP contribution is -2.38. The van der Waals surface area contributed by atoms with Crippen molar-refractivity contribution in [2.24, 2.45) is 0 Å². The van der Waals surface area contributed by atoms with Crippen LogP contribution in [0.15, 0.2) is 18.3 Å². The lowest BCUT2D eigenvalue weighted by molar-refractivity contribution is 0.0704. The SMILES string of the molecule is Cc1ccc2nnc(C3CCN(C(=O)c4cnn5c4OCCC5)CC3)n2n1. The van der Waals surface area contributed by atoms with E-state index in [0.29, 0.717) is 31.1 Å². The van der Waals surface area contributed by atoms with E-state index in [2.05, 4.69) is 20.4 Å². The first-order chi connectivity index (χ1) is 13.2. The highest BCUT2D eigenvalue weighted by Crippen LogP contribution is 2.29. The summed E-state index contributed by atoms with van der Waals surface area (Å²) in [7, 11) is 0. The van der Waals surface area contributed by atoms with Crippen LogP contribution in [0.4, 0.5) is 0 Å². The third-order valence-electron chi connectivity index (χ3n) is 5.34. The maximum atomic E-state index is 12.9. The smallest absolute Gasteiger partial charge is 0.260 e. The van der Waals surface area contributed by atoms with E-state index >= 15 is 0 Å². The van der Waals surface area contributed by atoms with Crippen LogP contribution in [0.3, 0.4) is 0 Å². The Morgan fingerprint density at radius 3 is 2.89 bits per heavy atom. The van der Waals surface area contributed by atoms with E-state index in [0.717, 1.165) is 43.0 Å². The maximum Gasteiger partial charge on any atom is 0.260 e. The van der Waals surface area contributed by atoms with Crippen molar-refractivity contribution in [1.82, 2.24) is 34.5 Å². The number of carbonyl (C=O) groups is 1. The molecule has 0 aliphatic carbocycles. The summed E-state index contributed by atoms with van der Waals surface area (Å²) in [6.45, 7) is 4.75. The van der Waals surface area contributed by atoms with Crippen LogP contribution in [0, 0.1) is 6.92 Å². The molecule has 27 heavy (non-hydrogen) atoms. The third kappa shape index (κ3) is 2.73. The molecule has 140 valence electrons. The number of hydrogen-bond donors (Lipinski definition) is 0. The Morgan fingerprint density at radius 2 is 2.04 bits per heavy atom. The van der Waals surface area contributed by atoms with Gasteiger partial charge in [0, 0.05) is 32.0 Å². The first kappa shape index (κ1) is 16.2. The van der Waals surface area contributed by atoms with Crippen LogP contribution in [0.25, 0.3) is 5.65 Å². The fourth-order valence-corrected chi connectivity index (χ4v) is 3.88. The van der Waals surface area contributed by atoms with Gasteiger partial charge in [0.1, 0.15) is 5.56 Å². The van der Waals surface area contributed by atoms with Gasteiger partial charge in [-0.15, -0.1) is 10.2 Å². The fraction of sp³-hybridized carbons (Fsp3) is 0.500. The van der Waals surface area contributed by atoms with Gasteiger partial charge in [0.05, 0.1) is 18.5 Å². The summed E-state index contributed by atoms with van der Waals surface area (Å²) < 4.78 is 9.28. The Balaban J connectivity index is 1.32. The number of nitrogens with zero attached hydrogens (tertiary/aromatic N) is 7. The highest BCUT2D eigenvalue weighted by molar-refractivity contribution is 5.96. The third-order valence-corrected chi connectivity index (χ3v) is 5.34. The number of aromatic nitrogens is 6. The van der Waals surface area contributed by atoms with Crippen molar-refractivity contribution in [1.29, 1.82) is 0 Å². The topological polar surface area (TPSA) is 90.4 Å². The summed E-state index contributed by atoms with van der Waals surface area (Å²) in [5, 5.41) is 17.4. The molecular formula is C18H21N7O2. The van der Waals surface area contributed by atoms with Crippen LogP contribution in [0.1, 0.15) is 47.1 Å². The van der Waals surface area contributed by atoms with E-state index in [1.54, 1.807) is 10.9 Å². The number of rotatable bonds is 2. The molecule has 1 saturated heterocycles. The molecule has 1 amide bonds. The van der Waals surface area contributed by atoms with Crippen molar-refractivity contribution >= 4 is 11.6 Å². The average molecular weight is 367 g/mol. The van der Waals surface area contributed by atoms with Crippen molar-refractivity contribution in [2.75, 3.05) is 19.7 Å². The molecule has 0 aromatic carbocycles. The fourth-order valence-electron chi connectivity index (χ4n) is 3.88. The van der Waals surface area contributed by atoms with Crippen molar-refractivity contribution in [3.63, 3.8) is 0 Å². The van der Waals surface area contributed by atoms with Gasteiger partial charge < -0.3 is 9.64 Å². The number of ether oxygens (including phenoxy) is 1. The number of carbonyl (C=O) groups excluding carboxylic acids is 1. The molecule has 1 fully saturated rings. The van der Waals surface area contributed by atoms with E-state index < -0.39 is 0 Å². The number of fused-ring (bicyclic) bond motifs is 2. The standard InChI is InChI=1S/C18H21N7O2/c1-12-3-4-15-20-21-16(25(15)22-12)13-5-8-23(9-6-13)17(26)14-11-19-24-7-2-10-27-18(14)24/h3-4,11,13H,2,5-10H2,1H3. The minimum Gasteiger partial charge on any atom is -0.477 e. The normalized spacial score (nSPS) is 17.7. The molecule has 0 bridgehead atoms. The first-order valence-electron chi connectivity index (χ1n) is 9.37. The quantitative estimate of drug-likeness (QED) is 0.681. The minimum atomic E-state index is -0.00308. The maximum absolute atomic E-state index is 12.9. The molecule has 5 rings (SSSR count). The number of likely N-dealkylation sites (tertiary alicyclic amines) is 1. The molecule has 5 heterocycles. The summed E-state index contributed by atoms with van der Waals surface area (Å²) in [6, 6.07) is 3.87. The molecule has 9 heteroatoms. The van der Waals surface area contributed by atoms with Crippen LogP contribution in [-0.2, 0) is 6.54 Å². The van der Waals surface area contributed by atoms with Gasteiger partial charge >= 0.3 is 0 Å². The summed E-state index contributed by atoms with van der Waals surface area (Å²) in [5.74, 6) is 1.73. The van der Waals surface area contributed by atoms with Crippen LogP contribution in [-0.4, -0.2) is 60.1 Å². The first-order valence-corrected chi connectivity index (χ1v) is 9.37. The Kier molecular flexibility index (Phi) is 3.80. The van der Waals surface area contributed by atoms with Crippen LogP contribution in [0.2, 0.25) is 0 Å². The zero-order chi connectivity index (χ0) is 18.4. The highest BCUT2D eigenvalue weighted by atomic mass is 16.5. The lowest BCUT2D eigenvalue weighted by Gasteiger charge is -2.31. The van der Waals surface area contributed by atoms with Crippen LogP contribution in [0.5, 0.6) is 5.88 Å². The van der Waals surface area contributed by atoms with E-state index in [1.807, 2.05) is 28.5 Å². The molecule has 0 atom stereocenters. The molecule has 9 nitrogen and oxygen atoms in total.